The van der Waals surface area contributed by atoms with Crippen LogP contribution in [0.15, 0.2) is 91.0 Å². The maximum atomic E-state index is 10.4. The van der Waals surface area contributed by atoms with Crippen molar-refractivity contribution in [3.05, 3.63) is 108 Å². The molecule has 0 aliphatic rings. The summed E-state index contributed by atoms with van der Waals surface area (Å²) in [4.78, 5) is 10.4. The van der Waals surface area contributed by atoms with Crippen LogP contribution in [0.25, 0.3) is 0 Å². The smallest absolute Gasteiger partial charge is 0.305 e. The summed E-state index contributed by atoms with van der Waals surface area (Å²) in [6, 6.07) is 30.9. The lowest BCUT2D eigenvalue weighted by molar-refractivity contribution is -0.138. The molecule has 0 heterocycles. The predicted molar refractivity (Wildman–Crippen MR) is 173 cm³/mol. The van der Waals surface area contributed by atoms with E-state index in [1.807, 2.05) is 54.6 Å². The second kappa shape index (κ2) is 24.0. The fourth-order valence-electron chi connectivity index (χ4n) is 4.60. The number of carboxylic acids is 1. The predicted octanol–water partition coefficient (Wildman–Crippen LogP) is 4.59. The van der Waals surface area contributed by atoms with Gasteiger partial charge in [0.15, 0.2) is 0 Å². The van der Waals surface area contributed by atoms with Crippen LogP contribution in [0.3, 0.4) is 0 Å². The standard InChI is InChI=1S/C36H48O10/c37-35(38)16-17-39-18-19-40-20-21-41-22-23-42-24-25-43-26-27-44-28-29-45-30-31-46-36(32-10-4-1-5-11-32,33-12-6-2-7-13-33)34-14-8-3-9-15-34/h1-15H,16-31H2,(H,37,38). The van der Waals surface area contributed by atoms with Gasteiger partial charge in [0.2, 0.25) is 0 Å². The van der Waals surface area contributed by atoms with Gasteiger partial charge in [0.05, 0.1) is 106 Å². The summed E-state index contributed by atoms with van der Waals surface area (Å²) < 4.78 is 45.1. The molecule has 0 fully saturated rings. The van der Waals surface area contributed by atoms with Crippen LogP contribution in [0.2, 0.25) is 0 Å². The van der Waals surface area contributed by atoms with E-state index in [2.05, 4.69) is 36.4 Å². The lowest BCUT2D eigenvalue weighted by Crippen LogP contribution is -2.34. The zero-order valence-corrected chi connectivity index (χ0v) is 26.6. The van der Waals surface area contributed by atoms with Crippen molar-refractivity contribution >= 4 is 5.97 Å². The van der Waals surface area contributed by atoms with Crippen molar-refractivity contribution in [2.75, 3.05) is 99.1 Å². The summed E-state index contributed by atoms with van der Waals surface area (Å²) in [5.74, 6) is -0.873. The van der Waals surface area contributed by atoms with Gasteiger partial charge in [-0.05, 0) is 16.7 Å². The summed E-state index contributed by atoms with van der Waals surface area (Å²) in [6.07, 6.45) is -0.00227. The summed E-state index contributed by atoms with van der Waals surface area (Å²) in [6.45, 7) is 6.52. The highest BCUT2D eigenvalue weighted by Gasteiger charge is 2.37. The Labute approximate surface area is 272 Å². The molecule has 0 radical (unpaired) electrons. The van der Waals surface area contributed by atoms with Crippen molar-refractivity contribution in [3.63, 3.8) is 0 Å². The highest BCUT2D eigenvalue weighted by atomic mass is 16.6. The van der Waals surface area contributed by atoms with Gasteiger partial charge in [-0.3, -0.25) is 4.79 Å². The van der Waals surface area contributed by atoms with E-state index in [0.717, 1.165) is 16.7 Å². The van der Waals surface area contributed by atoms with Gasteiger partial charge >= 0.3 is 5.97 Å². The Morgan fingerprint density at radius 1 is 0.413 bits per heavy atom. The molecule has 0 aliphatic carbocycles. The molecule has 0 amide bonds. The third-order valence-corrected chi connectivity index (χ3v) is 6.78. The SMILES string of the molecule is O=C(O)CCOCCOCCOCCOCCOCCOCCOCCOC(c1ccccc1)(c1ccccc1)c1ccccc1. The summed E-state index contributed by atoms with van der Waals surface area (Å²) in [7, 11) is 0. The number of benzene rings is 3. The number of aliphatic carboxylic acids is 1. The number of hydrogen-bond acceptors (Lipinski definition) is 9. The van der Waals surface area contributed by atoms with E-state index in [1.165, 1.54) is 0 Å². The lowest BCUT2D eigenvalue weighted by Gasteiger charge is -2.36. The van der Waals surface area contributed by atoms with Gasteiger partial charge in [-0.1, -0.05) is 91.0 Å². The van der Waals surface area contributed by atoms with E-state index in [4.69, 9.17) is 43.0 Å². The third-order valence-electron chi connectivity index (χ3n) is 6.78. The zero-order chi connectivity index (χ0) is 32.4. The molecule has 0 aromatic heterocycles. The summed E-state index contributed by atoms with van der Waals surface area (Å²) in [5, 5.41) is 8.51. The van der Waals surface area contributed by atoms with Crippen molar-refractivity contribution < 1.29 is 47.8 Å². The van der Waals surface area contributed by atoms with Crippen molar-refractivity contribution in [2.45, 2.75) is 12.0 Å². The molecule has 3 aromatic rings. The van der Waals surface area contributed by atoms with Crippen molar-refractivity contribution in [1.82, 2.24) is 0 Å². The van der Waals surface area contributed by atoms with Crippen LogP contribution in [0.4, 0.5) is 0 Å². The van der Waals surface area contributed by atoms with E-state index in [1.54, 1.807) is 0 Å². The quantitative estimate of drug-likeness (QED) is 0.0894. The Morgan fingerprint density at radius 3 is 0.957 bits per heavy atom. The largest absolute Gasteiger partial charge is 0.481 e. The molecule has 252 valence electrons. The topological polar surface area (TPSA) is 111 Å². The number of carbonyl (C=O) groups is 1. The molecule has 1 N–H and O–H groups in total. The molecule has 0 atom stereocenters. The fraction of sp³-hybridized carbons (Fsp3) is 0.472. The molecule has 10 heteroatoms. The Morgan fingerprint density at radius 2 is 0.674 bits per heavy atom. The van der Waals surface area contributed by atoms with E-state index in [9.17, 15) is 4.79 Å². The first kappa shape index (κ1) is 37.3. The molecule has 0 saturated heterocycles. The minimum absolute atomic E-state index is 0.00227. The van der Waals surface area contributed by atoms with E-state index in [-0.39, 0.29) is 13.0 Å². The van der Waals surface area contributed by atoms with Crippen molar-refractivity contribution in [2.24, 2.45) is 0 Å². The Kier molecular flexibility index (Phi) is 19.5. The Balaban J connectivity index is 1.18. The van der Waals surface area contributed by atoms with Crippen molar-refractivity contribution in [1.29, 1.82) is 0 Å². The highest BCUT2D eigenvalue weighted by molar-refractivity contribution is 5.66. The molecule has 0 aliphatic heterocycles. The maximum Gasteiger partial charge on any atom is 0.305 e. The van der Waals surface area contributed by atoms with Gasteiger partial charge in [0, 0.05) is 0 Å². The molecule has 0 bridgehead atoms. The van der Waals surface area contributed by atoms with Crippen LogP contribution >= 0.6 is 0 Å². The van der Waals surface area contributed by atoms with Crippen LogP contribution < -0.4 is 0 Å². The maximum absolute atomic E-state index is 10.4. The summed E-state index contributed by atoms with van der Waals surface area (Å²) >= 11 is 0. The Hall–Kier alpha value is -3.19. The fourth-order valence-corrected chi connectivity index (χ4v) is 4.60. The van der Waals surface area contributed by atoms with Gasteiger partial charge in [0.1, 0.15) is 5.60 Å². The third kappa shape index (κ3) is 14.5. The first-order valence-corrected chi connectivity index (χ1v) is 15.8. The van der Waals surface area contributed by atoms with Crippen LogP contribution in [0, 0.1) is 0 Å². The molecule has 3 aromatic carbocycles. The number of carboxylic acid groups (broad SMARTS) is 1. The van der Waals surface area contributed by atoms with E-state index in [0.29, 0.717) is 92.5 Å². The zero-order valence-electron chi connectivity index (χ0n) is 26.6. The first-order chi connectivity index (χ1) is 22.7. The van der Waals surface area contributed by atoms with Gasteiger partial charge in [-0.25, -0.2) is 0 Å². The Bertz CT molecular complexity index is 1050. The van der Waals surface area contributed by atoms with Gasteiger partial charge in [-0.2, -0.15) is 0 Å². The highest BCUT2D eigenvalue weighted by Crippen LogP contribution is 2.40. The molecule has 3 rings (SSSR count). The molecular weight excluding hydrogens is 592 g/mol. The summed E-state index contributed by atoms with van der Waals surface area (Å²) in [5.41, 5.74) is 2.43. The monoisotopic (exact) mass is 640 g/mol. The normalized spacial score (nSPS) is 11.6. The molecule has 0 saturated carbocycles. The minimum atomic E-state index is -0.873. The van der Waals surface area contributed by atoms with Gasteiger partial charge in [0.25, 0.3) is 0 Å². The van der Waals surface area contributed by atoms with E-state index >= 15 is 0 Å². The lowest BCUT2D eigenvalue weighted by atomic mass is 9.80. The average Bonchev–Trinajstić information content (AvgIpc) is 3.09. The molecular formula is C36H48O10. The number of rotatable bonds is 28. The first-order valence-electron chi connectivity index (χ1n) is 15.8. The molecule has 46 heavy (non-hydrogen) atoms. The second-order valence-electron chi connectivity index (χ2n) is 10.1. The van der Waals surface area contributed by atoms with Gasteiger partial charge in [-0.15, -0.1) is 0 Å². The second-order valence-corrected chi connectivity index (χ2v) is 10.1. The van der Waals surface area contributed by atoms with Crippen LogP contribution in [0.5, 0.6) is 0 Å². The average molecular weight is 641 g/mol. The van der Waals surface area contributed by atoms with Crippen LogP contribution in [0.1, 0.15) is 23.1 Å². The molecule has 10 nitrogen and oxygen atoms in total. The van der Waals surface area contributed by atoms with Crippen LogP contribution in [-0.4, -0.2) is 110 Å². The van der Waals surface area contributed by atoms with Crippen LogP contribution in [-0.2, 0) is 48.3 Å². The number of ether oxygens (including phenoxy) is 8. The molecule has 0 unspecified atom stereocenters. The molecule has 0 spiro atoms. The van der Waals surface area contributed by atoms with E-state index < -0.39 is 11.6 Å². The number of hydrogen-bond donors (Lipinski definition) is 1. The van der Waals surface area contributed by atoms with Crippen molar-refractivity contribution in [3.8, 4) is 0 Å². The minimum Gasteiger partial charge on any atom is -0.481 e. The van der Waals surface area contributed by atoms with Gasteiger partial charge < -0.3 is 43.0 Å².